The van der Waals surface area contributed by atoms with E-state index >= 15 is 0 Å². The number of rotatable bonds is 9. The number of carbonyl (C=O) groups is 3. The number of phenols is 2. The number of carbonyl (C=O) groups excluding carboxylic acids is 3. The van der Waals surface area contributed by atoms with Crippen LogP contribution in [0.5, 0.6) is 23.0 Å². The second-order valence-corrected chi connectivity index (χ2v) is 7.58. The van der Waals surface area contributed by atoms with Gasteiger partial charge in [-0.25, -0.2) is 9.59 Å². The molecule has 0 saturated carbocycles. The molecule has 0 aromatic heterocycles. The van der Waals surface area contributed by atoms with E-state index in [1.165, 1.54) is 67.8 Å². The zero-order valence-electron chi connectivity index (χ0n) is 19.9. The Labute approximate surface area is 213 Å². The molecule has 188 valence electrons. The maximum Gasteiger partial charge on any atom is 0.336 e. The van der Waals surface area contributed by atoms with Gasteiger partial charge >= 0.3 is 17.9 Å². The summed E-state index contributed by atoms with van der Waals surface area (Å²) in [6.45, 7) is 0. The largest absolute Gasteiger partial charge is 0.508 e. The quantitative estimate of drug-likeness (QED) is 0.242. The van der Waals surface area contributed by atoms with E-state index < -0.39 is 17.9 Å². The third kappa shape index (κ3) is 8.88. The van der Waals surface area contributed by atoms with E-state index in [2.05, 4.69) is 4.74 Å². The second-order valence-electron chi connectivity index (χ2n) is 7.58. The summed E-state index contributed by atoms with van der Waals surface area (Å²) in [5.41, 5.74) is 1.93. The molecule has 37 heavy (non-hydrogen) atoms. The van der Waals surface area contributed by atoms with Crippen molar-refractivity contribution >= 4 is 36.1 Å². The number of aromatic hydroxyl groups is 2. The fourth-order valence-electron chi connectivity index (χ4n) is 2.95. The molecule has 0 radical (unpaired) electrons. The van der Waals surface area contributed by atoms with Crippen LogP contribution in [0.2, 0.25) is 0 Å². The summed E-state index contributed by atoms with van der Waals surface area (Å²) in [5.74, 6) is -1.63. The number of methoxy groups -OCH3 is 1. The van der Waals surface area contributed by atoms with Crippen LogP contribution < -0.4 is 9.47 Å². The van der Waals surface area contributed by atoms with Crippen LogP contribution >= 0.6 is 0 Å². The number of esters is 3. The smallest absolute Gasteiger partial charge is 0.336 e. The lowest BCUT2D eigenvalue weighted by Gasteiger charge is -2.10. The number of hydrogen-bond acceptors (Lipinski definition) is 8. The molecule has 0 heterocycles. The Balaban J connectivity index is 1.78. The standard InChI is InChI=1S/C29H24O8/c1-35-27(32)4-2-3-22-9-16-25(36-28(33)17-10-20-5-12-23(30)13-6-20)26(19-22)37-29(34)18-11-21-7-14-24(31)15-8-21/h2-3,5-19,30-31H,4H2,1H3/b3-2+,17-10+,18-11+. The van der Waals surface area contributed by atoms with Gasteiger partial charge in [0.15, 0.2) is 11.5 Å². The average Bonchev–Trinajstić information content (AvgIpc) is 2.89. The molecule has 0 saturated heterocycles. The molecule has 3 aromatic rings. The van der Waals surface area contributed by atoms with Gasteiger partial charge in [0, 0.05) is 12.2 Å². The van der Waals surface area contributed by atoms with Crippen molar-refractivity contribution in [3.8, 4) is 23.0 Å². The van der Waals surface area contributed by atoms with E-state index in [9.17, 15) is 24.6 Å². The molecule has 0 fully saturated rings. The second kappa shape index (κ2) is 13.1. The van der Waals surface area contributed by atoms with Crippen molar-refractivity contribution < 1.29 is 38.8 Å². The van der Waals surface area contributed by atoms with Crippen molar-refractivity contribution in [2.45, 2.75) is 6.42 Å². The summed E-state index contributed by atoms with van der Waals surface area (Å²) >= 11 is 0. The molecular formula is C29H24O8. The highest BCUT2D eigenvalue weighted by Crippen LogP contribution is 2.30. The van der Waals surface area contributed by atoms with E-state index in [0.29, 0.717) is 16.7 Å². The summed E-state index contributed by atoms with van der Waals surface area (Å²) in [6.07, 6.45) is 8.70. The molecule has 0 aliphatic rings. The number of benzene rings is 3. The maximum atomic E-state index is 12.5. The van der Waals surface area contributed by atoms with Crippen LogP contribution in [0.3, 0.4) is 0 Å². The molecule has 0 atom stereocenters. The summed E-state index contributed by atoms with van der Waals surface area (Å²) in [4.78, 5) is 36.2. The van der Waals surface area contributed by atoms with E-state index in [4.69, 9.17) is 9.47 Å². The third-order valence-corrected chi connectivity index (χ3v) is 4.82. The Bertz CT molecular complexity index is 1330. The van der Waals surface area contributed by atoms with Gasteiger partial charge in [-0.15, -0.1) is 0 Å². The highest BCUT2D eigenvalue weighted by Gasteiger charge is 2.12. The van der Waals surface area contributed by atoms with Gasteiger partial charge in [-0.2, -0.15) is 0 Å². The zero-order chi connectivity index (χ0) is 26.6. The molecular weight excluding hydrogens is 476 g/mol. The van der Waals surface area contributed by atoms with E-state index in [0.717, 1.165) is 0 Å². The van der Waals surface area contributed by atoms with Crippen molar-refractivity contribution in [1.82, 2.24) is 0 Å². The first-order valence-corrected chi connectivity index (χ1v) is 11.1. The first kappa shape index (κ1) is 26.5. The molecule has 3 rings (SSSR count). The van der Waals surface area contributed by atoms with E-state index in [-0.39, 0.29) is 29.4 Å². The predicted octanol–water partition coefficient (Wildman–Crippen LogP) is 4.91. The van der Waals surface area contributed by atoms with Gasteiger partial charge in [0.1, 0.15) is 11.5 Å². The molecule has 0 spiro atoms. The van der Waals surface area contributed by atoms with Crippen molar-refractivity contribution in [2.24, 2.45) is 0 Å². The normalized spacial score (nSPS) is 11.2. The van der Waals surface area contributed by atoms with Gasteiger partial charge in [-0.3, -0.25) is 4.79 Å². The fourth-order valence-corrected chi connectivity index (χ4v) is 2.95. The van der Waals surface area contributed by atoms with Gasteiger partial charge in [0.05, 0.1) is 13.5 Å². The molecule has 2 N–H and O–H groups in total. The molecule has 0 aliphatic carbocycles. The fraction of sp³-hybridized carbons (Fsp3) is 0.0690. The highest BCUT2D eigenvalue weighted by atomic mass is 16.6. The summed E-state index contributed by atoms with van der Waals surface area (Å²) < 4.78 is 15.4. The first-order valence-electron chi connectivity index (χ1n) is 11.1. The lowest BCUT2D eigenvalue weighted by atomic mass is 10.1. The van der Waals surface area contributed by atoms with Crippen LogP contribution in [0.4, 0.5) is 0 Å². The molecule has 0 aliphatic heterocycles. The molecule has 0 unspecified atom stereocenters. The lowest BCUT2D eigenvalue weighted by molar-refractivity contribution is -0.139. The first-order chi connectivity index (χ1) is 17.8. The number of ether oxygens (including phenoxy) is 3. The SMILES string of the molecule is COC(=O)C/C=C/c1ccc(OC(=O)/C=C/c2ccc(O)cc2)c(OC(=O)/C=C/c2ccc(O)cc2)c1. The van der Waals surface area contributed by atoms with Crippen LogP contribution in [0.25, 0.3) is 18.2 Å². The minimum atomic E-state index is -0.722. The van der Waals surface area contributed by atoms with Crippen LogP contribution in [0, 0.1) is 0 Å². The van der Waals surface area contributed by atoms with Gasteiger partial charge in [-0.1, -0.05) is 42.5 Å². The Hall–Kier alpha value is -5.11. The van der Waals surface area contributed by atoms with Crippen LogP contribution in [0.15, 0.2) is 85.0 Å². The van der Waals surface area contributed by atoms with Gasteiger partial charge in [-0.05, 0) is 65.2 Å². The summed E-state index contributed by atoms with van der Waals surface area (Å²) in [7, 11) is 1.29. The monoisotopic (exact) mass is 500 g/mol. The van der Waals surface area contributed by atoms with Gasteiger partial charge in [0.25, 0.3) is 0 Å². The Kier molecular flexibility index (Phi) is 9.38. The zero-order valence-corrected chi connectivity index (χ0v) is 19.9. The topological polar surface area (TPSA) is 119 Å². The molecule has 0 amide bonds. The number of hydrogen-bond donors (Lipinski definition) is 2. The minimum absolute atomic E-state index is 0.00745. The Morgan fingerprint density at radius 3 is 1.68 bits per heavy atom. The number of phenolic OH excluding ortho intramolecular Hbond substituents is 2. The summed E-state index contributed by atoms with van der Waals surface area (Å²) in [5, 5.41) is 18.7. The van der Waals surface area contributed by atoms with Gasteiger partial charge in [0.2, 0.25) is 0 Å². The van der Waals surface area contributed by atoms with E-state index in [1.54, 1.807) is 42.5 Å². The lowest BCUT2D eigenvalue weighted by Crippen LogP contribution is -2.09. The molecule has 0 bridgehead atoms. The Morgan fingerprint density at radius 2 is 1.16 bits per heavy atom. The third-order valence-electron chi connectivity index (χ3n) is 4.82. The van der Waals surface area contributed by atoms with Crippen molar-refractivity contribution in [2.75, 3.05) is 7.11 Å². The average molecular weight is 501 g/mol. The predicted molar refractivity (Wildman–Crippen MR) is 138 cm³/mol. The van der Waals surface area contributed by atoms with Crippen molar-refractivity contribution in [3.63, 3.8) is 0 Å². The maximum absolute atomic E-state index is 12.5. The van der Waals surface area contributed by atoms with Gasteiger partial charge < -0.3 is 24.4 Å². The highest BCUT2D eigenvalue weighted by molar-refractivity contribution is 5.91. The summed E-state index contributed by atoms with van der Waals surface area (Å²) in [6, 6.07) is 17.0. The van der Waals surface area contributed by atoms with Crippen molar-refractivity contribution in [3.05, 3.63) is 102 Å². The molecule has 3 aromatic carbocycles. The van der Waals surface area contributed by atoms with E-state index in [1.807, 2.05) is 0 Å². The van der Waals surface area contributed by atoms with Crippen molar-refractivity contribution in [1.29, 1.82) is 0 Å². The minimum Gasteiger partial charge on any atom is -0.508 e. The molecule has 8 nitrogen and oxygen atoms in total. The van der Waals surface area contributed by atoms with Crippen LogP contribution in [-0.4, -0.2) is 35.2 Å². The molecule has 8 heteroatoms. The van der Waals surface area contributed by atoms with Crippen LogP contribution in [-0.2, 0) is 19.1 Å². The Morgan fingerprint density at radius 1 is 0.676 bits per heavy atom. The van der Waals surface area contributed by atoms with Crippen LogP contribution in [0.1, 0.15) is 23.1 Å².